The van der Waals surface area contributed by atoms with Crippen LogP contribution in [0.5, 0.6) is 17.2 Å². The summed E-state index contributed by atoms with van der Waals surface area (Å²) in [6.07, 6.45) is 13.4. The zero-order valence-electron chi connectivity index (χ0n) is 28.0. The second-order valence-electron chi connectivity index (χ2n) is 14.8. The Balaban J connectivity index is 1.59. The largest absolute Gasteiger partial charge is 0.506 e. The number of rotatable bonds is 8. The maximum Gasteiger partial charge on any atom is 0.330 e. The van der Waals surface area contributed by atoms with Gasteiger partial charge in [0.1, 0.15) is 28.4 Å². The van der Waals surface area contributed by atoms with Crippen LogP contribution in [0.25, 0.3) is 6.08 Å². The van der Waals surface area contributed by atoms with Gasteiger partial charge in [-0.25, -0.2) is 4.79 Å². The average molecular weight is 629 g/mol. The molecule has 1 saturated heterocycles. The first kappa shape index (κ1) is 32.0. The molecule has 2 N–H and O–H groups in total. The molecule has 0 amide bonds. The number of hydrogen-bond donors (Lipinski definition) is 2. The number of aliphatic carboxylic acids is 1. The van der Waals surface area contributed by atoms with Crippen LogP contribution in [0.1, 0.15) is 103 Å². The molecule has 5 atom stereocenters. The van der Waals surface area contributed by atoms with Crippen molar-refractivity contribution in [1.29, 1.82) is 0 Å². The molecule has 0 aromatic heterocycles. The Morgan fingerprint density at radius 3 is 2.35 bits per heavy atom. The number of carbonyl (C=O) groups excluding carboxylic acids is 2. The van der Waals surface area contributed by atoms with E-state index in [1.807, 2.05) is 52.8 Å². The monoisotopic (exact) mass is 628 g/mol. The molecule has 8 heteroatoms. The predicted octanol–water partition coefficient (Wildman–Crippen LogP) is 7.24. The van der Waals surface area contributed by atoms with E-state index in [-0.39, 0.29) is 40.8 Å². The lowest BCUT2D eigenvalue weighted by atomic mass is 9.51. The summed E-state index contributed by atoms with van der Waals surface area (Å²) in [6, 6.07) is 0. The second kappa shape index (κ2) is 10.6. The number of carboxylic acids is 1. The van der Waals surface area contributed by atoms with Crippen molar-refractivity contribution < 1.29 is 38.8 Å². The smallest absolute Gasteiger partial charge is 0.330 e. The summed E-state index contributed by atoms with van der Waals surface area (Å²) in [5.41, 5.74) is -0.952. The topological polar surface area (TPSA) is 119 Å². The molecule has 3 aliphatic carbocycles. The third-order valence-electron chi connectivity index (χ3n) is 10.5. The molecule has 6 aliphatic rings. The van der Waals surface area contributed by atoms with Gasteiger partial charge in [0.15, 0.2) is 22.8 Å². The summed E-state index contributed by atoms with van der Waals surface area (Å²) in [4.78, 5) is 40.8. The number of fused-ring (bicyclic) bond motifs is 2. The van der Waals surface area contributed by atoms with Crippen molar-refractivity contribution in [3.63, 3.8) is 0 Å². The summed E-state index contributed by atoms with van der Waals surface area (Å²) in [7, 11) is 0. The molecule has 2 fully saturated rings. The van der Waals surface area contributed by atoms with Crippen molar-refractivity contribution in [3.05, 3.63) is 69.4 Å². The number of carboxylic acid groups (broad SMARTS) is 1. The van der Waals surface area contributed by atoms with E-state index >= 15 is 0 Å². The standard InChI is InChI=1S/C38H44O8/c1-20(2)10-9-15-36(8)16-14-24-29(39)28-30(40)26-18-23-19-27-35(6,7)46-37(33(23)41,17-13-22(5)34(42)43)38(26,27)45-32(28)25(31(24)44-36)12-11-21(3)4/h10-11,13-14,16,18,23,27,39H,9,12,15,17,19H2,1-8H3,(H,42,43)/t23-,27+,36-,37+,38-/m1/s1. The van der Waals surface area contributed by atoms with E-state index < -0.39 is 40.1 Å². The molecule has 0 unspecified atom stereocenters. The normalized spacial score (nSPS) is 31.2. The molecule has 244 valence electrons. The quantitative estimate of drug-likeness (QED) is 0.228. The first-order valence-corrected chi connectivity index (χ1v) is 16.2. The van der Waals surface area contributed by atoms with Gasteiger partial charge in [-0.15, -0.1) is 0 Å². The van der Waals surface area contributed by atoms with E-state index in [4.69, 9.17) is 14.2 Å². The van der Waals surface area contributed by atoms with Crippen molar-refractivity contribution in [3.8, 4) is 17.2 Å². The summed E-state index contributed by atoms with van der Waals surface area (Å²) in [5.74, 6) is -2.28. The van der Waals surface area contributed by atoms with Crippen molar-refractivity contribution in [1.82, 2.24) is 0 Å². The van der Waals surface area contributed by atoms with Gasteiger partial charge in [-0.05, 0) is 93.2 Å². The molecule has 4 bridgehead atoms. The van der Waals surface area contributed by atoms with E-state index in [0.29, 0.717) is 41.7 Å². The first-order valence-electron chi connectivity index (χ1n) is 16.2. The summed E-state index contributed by atoms with van der Waals surface area (Å²) >= 11 is 0. The van der Waals surface area contributed by atoms with E-state index in [1.165, 1.54) is 18.6 Å². The average Bonchev–Trinajstić information content (AvgIpc) is 3.12. The van der Waals surface area contributed by atoms with E-state index in [0.717, 1.165) is 12.0 Å². The van der Waals surface area contributed by atoms with Gasteiger partial charge < -0.3 is 24.4 Å². The lowest BCUT2D eigenvalue weighted by Crippen LogP contribution is -2.72. The van der Waals surface area contributed by atoms with E-state index in [2.05, 4.69) is 19.9 Å². The van der Waals surface area contributed by atoms with Crippen molar-refractivity contribution in [2.75, 3.05) is 0 Å². The zero-order chi connectivity index (χ0) is 33.6. The molecule has 0 radical (unpaired) electrons. The molecule has 3 heterocycles. The third kappa shape index (κ3) is 4.47. The van der Waals surface area contributed by atoms with Gasteiger partial charge in [-0.2, -0.15) is 0 Å². The molecule has 7 rings (SSSR count). The van der Waals surface area contributed by atoms with Gasteiger partial charge in [-0.3, -0.25) is 9.59 Å². The maximum atomic E-state index is 14.7. The van der Waals surface area contributed by atoms with Crippen LogP contribution >= 0.6 is 0 Å². The van der Waals surface area contributed by atoms with Gasteiger partial charge in [-0.1, -0.05) is 35.5 Å². The highest BCUT2D eigenvalue weighted by molar-refractivity contribution is 6.19. The Morgan fingerprint density at radius 1 is 1.00 bits per heavy atom. The van der Waals surface area contributed by atoms with Gasteiger partial charge in [0.25, 0.3) is 0 Å². The second-order valence-corrected chi connectivity index (χ2v) is 14.8. The van der Waals surface area contributed by atoms with Gasteiger partial charge >= 0.3 is 5.97 Å². The molecule has 1 aromatic rings. The maximum absolute atomic E-state index is 14.7. The van der Waals surface area contributed by atoms with Crippen LogP contribution in [0.2, 0.25) is 0 Å². The number of aromatic hydroxyl groups is 1. The van der Waals surface area contributed by atoms with Gasteiger partial charge in [0.05, 0.1) is 11.2 Å². The molecule has 1 saturated carbocycles. The van der Waals surface area contributed by atoms with Crippen LogP contribution in [-0.4, -0.2) is 50.2 Å². The van der Waals surface area contributed by atoms with Crippen molar-refractivity contribution in [2.45, 2.75) is 110 Å². The summed E-state index contributed by atoms with van der Waals surface area (Å²) in [6.45, 7) is 15.4. The Hall–Kier alpha value is -3.91. The van der Waals surface area contributed by atoms with E-state index in [9.17, 15) is 24.6 Å². The fourth-order valence-corrected chi connectivity index (χ4v) is 8.17. The minimum absolute atomic E-state index is 0.0544. The number of ketones is 2. The number of Topliss-reactive ketones (excluding diaryl/α,β-unsaturated/α-hetero) is 2. The highest BCUT2D eigenvalue weighted by Gasteiger charge is 2.81. The van der Waals surface area contributed by atoms with Crippen LogP contribution in [-0.2, 0) is 20.7 Å². The predicted molar refractivity (Wildman–Crippen MR) is 174 cm³/mol. The molecule has 3 aliphatic heterocycles. The molecular weight excluding hydrogens is 584 g/mol. The zero-order valence-corrected chi connectivity index (χ0v) is 28.0. The third-order valence-corrected chi connectivity index (χ3v) is 10.5. The lowest BCUT2D eigenvalue weighted by Gasteiger charge is -2.56. The number of phenolic OH excluding ortho intramolecular Hbond substituents is 1. The van der Waals surface area contributed by atoms with Crippen LogP contribution in [0, 0.1) is 11.8 Å². The van der Waals surface area contributed by atoms with Crippen LogP contribution in [0.15, 0.2) is 52.7 Å². The van der Waals surface area contributed by atoms with E-state index in [1.54, 1.807) is 6.08 Å². The number of phenols is 1. The number of hydrogen-bond acceptors (Lipinski definition) is 7. The van der Waals surface area contributed by atoms with Crippen molar-refractivity contribution in [2.24, 2.45) is 11.8 Å². The minimum atomic E-state index is -1.63. The lowest BCUT2D eigenvalue weighted by molar-refractivity contribution is -0.171. The first-order chi connectivity index (χ1) is 21.5. The fourth-order valence-electron chi connectivity index (χ4n) is 8.17. The molecular formula is C38H44O8. The molecule has 1 aromatic carbocycles. The summed E-state index contributed by atoms with van der Waals surface area (Å²) < 4.78 is 20.6. The van der Waals surface area contributed by atoms with Crippen LogP contribution in [0.4, 0.5) is 0 Å². The number of allylic oxidation sites excluding steroid dienone is 5. The fraction of sp³-hybridized carbons (Fsp3) is 0.500. The van der Waals surface area contributed by atoms with Gasteiger partial charge in [0.2, 0.25) is 0 Å². The Bertz CT molecular complexity index is 1730. The molecule has 1 spiro atoms. The SMILES string of the molecule is CC(C)=CCC[C@]1(C)C=Cc2c(O)c3c(c(CC=C(C)C)c2O1)O[C@]12C(=C[C@@H]4C[C@H]1C(C)(C)O[C@@]2(CC=C(C)C(=O)O)C4=O)C3=O. The molecule has 46 heavy (non-hydrogen) atoms. The number of ether oxygens (including phenoxy) is 3. The highest BCUT2D eigenvalue weighted by atomic mass is 16.6. The Kier molecular flexibility index (Phi) is 7.36. The van der Waals surface area contributed by atoms with Gasteiger partial charge in [0, 0.05) is 35.0 Å². The number of carbonyl (C=O) groups is 3. The Labute approximate surface area is 270 Å². The van der Waals surface area contributed by atoms with Crippen molar-refractivity contribution >= 4 is 23.6 Å². The number of benzene rings is 1. The summed E-state index contributed by atoms with van der Waals surface area (Å²) in [5, 5.41) is 21.4. The highest BCUT2D eigenvalue weighted by Crippen LogP contribution is 2.68. The molecule has 8 nitrogen and oxygen atoms in total. The van der Waals surface area contributed by atoms with Crippen LogP contribution in [0.3, 0.4) is 0 Å². The minimum Gasteiger partial charge on any atom is -0.506 e. The van der Waals surface area contributed by atoms with Crippen LogP contribution < -0.4 is 9.47 Å². The Morgan fingerprint density at radius 2 is 1.70 bits per heavy atom.